The van der Waals surface area contributed by atoms with Crippen molar-refractivity contribution in [3.63, 3.8) is 0 Å². The second-order valence-electron chi connectivity index (χ2n) is 8.75. The van der Waals surface area contributed by atoms with E-state index >= 15 is 0 Å². The van der Waals surface area contributed by atoms with Crippen LogP contribution < -0.4 is 16.6 Å². The molecule has 204 valence electrons. The average molecular weight is 547 g/mol. The van der Waals surface area contributed by atoms with Crippen molar-refractivity contribution < 1.29 is 32.3 Å². The van der Waals surface area contributed by atoms with Crippen LogP contribution in [-0.2, 0) is 25.3 Å². The normalized spacial score (nSPS) is 12.2. The Labute approximate surface area is 216 Å². The first-order valence-electron chi connectivity index (χ1n) is 11.4. The molecule has 0 radical (unpaired) electrons. The molecule has 0 saturated carbocycles. The molecule has 14 heteroatoms. The lowest BCUT2D eigenvalue weighted by Crippen LogP contribution is -2.43. The Hall–Kier alpha value is -4.75. The number of hydrogen-bond acceptors (Lipinski definition) is 5. The summed E-state index contributed by atoms with van der Waals surface area (Å²) in [6.07, 6.45) is -0.674. The van der Waals surface area contributed by atoms with Crippen LogP contribution in [0.25, 0.3) is 16.8 Å². The van der Waals surface area contributed by atoms with Gasteiger partial charge in [-0.25, -0.2) is 32.1 Å². The largest absolute Gasteiger partial charge is 0.480 e. The van der Waals surface area contributed by atoms with Crippen molar-refractivity contribution in [1.29, 1.82) is 0 Å². The van der Waals surface area contributed by atoms with E-state index in [9.17, 15) is 41.8 Å². The molecule has 0 bridgehead atoms. The number of halogens is 4. The SMILES string of the molecule is Cc1c(-c2ccc(C[C@H](NC(=O)c3c(F)cc(C(F)F)cc3F)C(=O)O)n3ccnc23)c(=O)n(C)c(=O)n1C. The number of carboxylic acid groups (broad SMARTS) is 1. The third-order valence-corrected chi connectivity index (χ3v) is 6.42. The van der Waals surface area contributed by atoms with Crippen molar-refractivity contribution in [2.75, 3.05) is 0 Å². The second kappa shape index (κ2) is 10.2. The van der Waals surface area contributed by atoms with E-state index in [0.717, 1.165) is 4.57 Å². The number of nitrogens with zero attached hydrogens (tertiary/aromatic N) is 4. The zero-order valence-corrected chi connectivity index (χ0v) is 20.7. The van der Waals surface area contributed by atoms with Gasteiger partial charge in [-0.1, -0.05) is 0 Å². The Bertz CT molecular complexity index is 1740. The molecule has 10 nitrogen and oxygen atoms in total. The number of hydrogen-bond donors (Lipinski definition) is 2. The minimum absolute atomic E-state index is 0.198. The van der Waals surface area contributed by atoms with Crippen LogP contribution in [0, 0.1) is 18.6 Å². The minimum atomic E-state index is -3.18. The van der Waals surface area contributed by atoms with Gasteiger partial charge in [-0.2, -0.15) is 0 Å². The summed E-state index contributed by atoms with van der Waals surface area (Å²) >= 11 is 0. The summed E-state index contributed by atoms with van der Waals surface area (Å²) in [5.74, 6) is -6.11. The Morgan fingerprint density at radius 2 is 1.72 bits per heavy atom. The molecule has 0 aliphatic carbocycles. The van der Waals surface area contributed by atoms with E-state index in [1.165, 1.54) is 47.6 Å². The number of carboxylic acids is 1. The van der Waals surface area contributed by atoms with Gasteiger partial charge in [0.05, 0.1) is 5.56 Å². The summed E-state index contributed by atoms with van der Waals surface area (Å²) in [6.45, 7) is 1.59. The summed E-state index contributed by atoms with van der Waals surface area (Å²) in [5, 5.41) is 11.7. The number of aromatic nitrogens is 4. The molecule has 0 fully saturated rings. The maximum Gasteiger partial charge on any atom is 0.330 e. The van der Waals surface area contributed by atoms with Crippen LogP contribution in [0.15, 0.2) is 46.2 Å². The number of aliphatic carboxylic acids is 1. The topological polar surface area (TPSA) is 128 Å². The van der Waals surface area contributed by atoms with Crippen LogP contribution in [0.2, 0.25) is 0 Å². The van der Waals surface area contributed by atoms with E-state index in [4.69, 9.17) is 0 Å². The van der Waals surface area contributed by atoms with Crippen LogP contribution >= 0.6 is 0 Å². The van der Waals surface area contributed by atoms with E-state index in [-0.39, 0.29) is 17.6 Å². The Morgan fingerprint density at radius 3 is 2.31 bits per heavy atom. The molecule has 4 rings (SSSR count). The van der Waals surface area contributed by atoms with Gasteiger partial charge in [-0.15, -0.1) is 0 Å². The fraction of sp³-hybridized carbons (Fsp3) is 0.240. The third kappa shape index (κ3) is 4.80. The van der Waals surface area contributed by atoms with Crippen LogP contribution in [0.3, 0.4) is 0 Å². The molecule has 39 heavy (non-hydrogen) atoms. The van der Waals surface area contributed by atoms with Gasteiger partial charge in [-0.3, -0.25) is 14.2 Å². The first kappa shape index (κ1) is 27.3. The van der Waals surface area contributed by atoms with Crippen molar-refractivity contribution >= 4 is 17.5 Å². The first-order valence-corrected chi connectivity index (χ1v) is 11.4. The lowest BCUT2D eigenvalue weighted by Gasteiger charge is -2.18. The number of rotatable bonds is 7. The quantitative estimate of drug-likeness (QED) is 0.342. The van der Waals surface area contributed by atoms with Gasteiger partial charge in [0, 0.05) is 55.4 Å². The Morgan fingerprint density at radius 1 is 1.08 bits per heavy atom. The first-order chi connectivity index (χ1) is 18.3. The molecular weight excluding hydrogens is 526 g/mol. The van der Waals surface area contributed by atoms with Gasteiger partial charge < -0.3 is 19.4 Å². The third-order valence-electron chi connectivity index (χ3n) is 6.42. The van der Waals surface area contributed by atoms with Crippen molar-refractivity contribution in [3.8, 4) is 11.1 Å². The second-order valence-corrected chi connectivity index (χ2v) is 8.75. The van der Waals surface area contributed by atoms with Gasteiger partial charge in [0.25, 0.3) is 17.9 Å². The maximum atomic E-state index is 14.3. The molecule has 1 amide bonds. The molecule has 1 aromatic carbocycles. The molecule has 3 aromatic heterocycles. The van der Waals surface area contributed by atoms with Gasteiger partial charge in [-0.05, 0) is 31.2 Å². The van der Waals surface area contributed by atoms with E-state index in [1.807, 2.05) is 5.32 Å². The molecule has 0 spiro atoms. The molecule has 2 N–H and O–H groups in total. The summed E-state index contributed by atoms with van der Waals surface area (Å²) in [7, 11) is 2.84. The van der Waals surface area contributed by atoms with E-state index in [1.54, 1.807) is 6.92 Å². The van der Waals surface area contributed by atoms with Crippen LogP contribution in [-0.4, -0.2) is 41.5 Å². The lowest BCUT2D eigenvalue weighted by atomic mass is 10.0. The number of carbonyl (C=O) groups excluding carboxylic acids is 1. The summed E-state index contributed by atoms with van der Waals surface area (Å²) in [5.41, 5.74) is -1.77. The maximum absolute atomic E-state index is 14.3. The Kier molecular flexibility index (Phi) is 7.13. The number of nitrogens with one attached hydrogen (secondary N) is 1. The highest BCUT2D eigenvalue weighted by atomic mass is 19.3. The molecular formula is C25H21F4N5O5. The Balaban J connectivity index is 1.71. The van der Waals surface area contributed by atoms with Gasteiger partial charge in [0.1, 0.15) is 28.9 Å². The van der Waals surface area contributed by atoms with Crippen molar-refractivity contribution in [2.24, 2.45) is 14.1 Å². The smallest absolute Gasteiger partial charge is 0.330 e. The van der Waals surface area contributed by atoms with Crippen LogP contribution in [0.4, 0.5) is 17.6 Å². The standard InChI is InChI=1S/C25H21F4N5O5/c1-11-18(23(36)33(3)25(39)32(11)2)14-5-4-13(34-7-6-30-21(14)34)10-17(24(37)38)31-22(35)19-15(26)8-12(20(28)29)9-16(19)27/h4-9,17,20H,10H2,1-3H3,(H,31,35)(H,37,38)/t17-/m0/s1. The number of amides is 1. The molecule has 0 aliphatic heterocycles. The van der Waals surface area contributed by atoms with Crippen LogP contribution in [0.5, 0.6) is 0 Å². The van der Waals surface area contributed by atoms with Gasteiger partial charge >= 0.3 is 11.7 Å². The van der Waals surface area contributed by atoms with Crippen molar-refractivity contribution in [2.45, 2.75) is 25.8 Å². The highest BCUT2D eigenvalue weighted by Crippen LogP contribution is 2.26. The summed E-state index contributed by atoms with van der Waals surface area (Å²) < 4.78 is 57.9. The molecule has 0 unspecified atom stereocenters. The predicted molar refractivity (Wildman–Crippen MR) is 130 cm³/mol. The van der Waals surface area contributed by atoms with E-state index in [0.29, 0.717) is 29.1 Å². The van der Waals surface area contributed by atoms with Crippen molar-refractivity contribution in [1.82, 2.24) is 23.8 Å². The summed E-state index contributed by atoms with van der Waals surface area (Å²) in [6, 6.07) is 1.91. The van der Waals surface area contributed by atoms with E-state index < -0.39 is 58.4 Å². The fourth-order valence-corrected chi connectivity index (χ4v) is 4.26. The van der Waals surface area contributed by atoms with Crippen LogP contribution in [0.1, 0.15) is 33.7 Å². The highest BCUT2D eigenvalue weighted by molar-refractivity contribution is 5.97. The monoisotopic (exact) mass is 547 g/mol. The highest BCUT2D eigenvalue weighted by Gasteiger charge is 2.28. The number of fused-ring (bicyclic) bond motifs is 1. The molecule has 0 saturated heterocycles. The van der Waals surface area contributed by atoms with Gasteiger partial charge in [0.15, 0.2) is 0 Å². The molecule has 3 heterocycles. The van der Waals surface area contributed by atoms with E-state index in [2.05, 4.69) is 4.98 Å². The average Bonchev–Trinajstić information content (AvgIpc) is 3.37. The molecule has 1 atom stereocenters. The number of benzene rings is 1. The number of alkyl halides is 2. The lowest BCUT2D eigenvalue weighted by molar-refractivity contribution is -0.139. The number of imidazole rings is 1. The zero-order valence-electron chi connectivity index (χ0n) is 20.7. The fourth-order valence-electron chi connectivity index (χ4n) is 4.26. The molecule has 0 aliphatic rings. The molecule has 4 aromatic rings. The van der Waals surface area contributed by atoms with Crippen molar-refractivity contribution in [3.05, 3.63) is 91.6 Å². The number of pyridine rings is 1. The summed E-state index contributed by atoms with van der Waals surface area (Å²) in [4.78, 5) is 54.0. The number of carbonyl (C=O) groups is 2. The zero-order chi connectivity index (χ0) is 28.8. The van der Waals surface area contributed by atoms with Gasteiger partial charge in [0.2, 0.25) is 0 Å². The predicted octanol–water partition coefficient (Wildman–Crippen LogP) is 2.35. The minimum Gasteiger partial charge on any atom is -0.480 e.